The van der Waals surface area contributed by atoms with Crippen LogP contribution in [0.4, 0.5) is 0 Å². The molecule has 0 radical (unpaired) electrons. The summed E-state index contributed by atoms with van der Waals surface area (Å²) >= 11 is 7.75. The van der Waals surface area contributed by atoms with Crippen LogP contribution in [-0.2, 0) is 17.0 Å². The number of carbonyl (C=O) groups is 1. The van der Waals surface area contributed by atoms with E-state index >= 15 is 0 Å². The van der Waals surface area contributed by atoms with Gasteiger partial charge in [-0.1, -0.05) is 49.7 Å². The Bertz CT molecular complexity index is 691. The molecule has 0 aromatic heterocycles. The zero-order valence-corrected chi connectivity index (χ0v) is 16.9. The molecule has 0 saturated carbocycles. The first-order valence-electron chi connectivity index (χ1n) is 8.97. The summed E-state index contributed by atoms with van der Waals surface area (Å²) in [5, 5.41) is 3.72. The highest BCUT2D eigenvalue weighted by Crippen LogP contribution is 2.17. The molecule has 1 N–H and O–H groups in total. The lowest BCUT2D eigenvalue weighted by Crippen LogP contribution is -2.39. The summed E-state index contributed by atoms with van der Waals surface area (Å²) < 4.78 is 5.83. The van der Waals surface area contributed by atoms with Crippen LogP contribution in [0.1, 0.15) is 31.4 Å². The lowest BCUT2D eigenvalue weighted by atomic mass is 10.2. The van der Waals surface area contributed by atoms with E-state index in [1.807, 2.05) is 49.4 Å². The second-order valence-electron chi connectivity index (χ2n) is 5.99. The van der Waals surface area contributed by atoms with Crippen molar-refractivity contribution in [1.29, 1.82) is 0 Å². The molecule has 0 aliphatic carbocycles. The van der Waals surface area contributed by atoms with Crippen molar-refractivity contribution >= 4 is 29.3 Å². The summed E-state index contributed by atoms with van der Waals surface area (Å²) in [6, 6.07) is 15.8. The fourth-order valence-corrected chi connectivity index (χ4v) is 3.49. The molecule has 1 unspecified atom stereocenters. The molecule has 26 heavy (non-hydrogen) atoms. The van der Waals surface area contributed by atoms with Gasteiger partial charge in [0, 0.05) is 23.1 Å². The molecule has 2 aromatic carbocycles. The molecule has 0 saturated heterocycles. The van der Waals surface area contributed by atoms with Crippen molar-refractivity contribution in [2.45, 2.75) is 38.5 Å². The van der Waals surface area contributed by atoms with Gasteiger partial charge in [-0.3, -0.25) is 4.79 Å². The highest BCUT2D eigenvalue weighted by Gasteiger charge is 2.17. The van der Waals surface area contributed by atoms with Crippen molar-refractivity contribution in [2.24, 2.45) is 0 Å². The standard InChI is InChI=1S/C21H26ClNO2S/c1-3-16-8-10-19(11-9-16)25-20(4-2)21(24)23-12-13-26-15-17-6-5-7-18(22)14-17/h5-11,14,20H,3-4,12-13,15H2,1-2H3,(H,23,24). The lowest BCUT2D eigenvalue weighted by molar-refractivity contribution is -0.127. The van der Waals surface area contributed by atoms with Crippen LogP contribution in [0.3, 0.4) is 0 Å². The maximum absolute atomic E-state index is 12.3. The highest BCUT2D eigenvalue weighted by atomic mass is 35.5. The predicted octanol–water partition coefficient (Wildman–Crippen LogP) is 5.11. The van der Waals surface area contributed by atoms with E-state index in [9.17, 15) is 4.79 Å². The van der Waals surface area contributed by atoms with Gasteiger partial charge in [-0.05, 0) is 48.2 Å². The van der Waals surface area contributed by atoms with Crippen LogP contribution >= 0.6 is 23.4 Å². The number of amides is 1. The minimum Gasteiger partial charge on any atom is -0.481 e. The quantitative estimate of drug-likeness (QED) is 0.572. The molecule has 0 spiro atoms. The van der Waals surface area contributed by atoms with Crippen LogP contribution in [0.5, 0.6) is 5.75 Å². The number of rotatable bonds is 10. The Morgan fingerprint density at radius 3 is 2.58 bits per heavy atom. The van der Waals surface area contributed by atoms with Crippen LogP contribution in [-0.4, -0.2) is 24.3 Å². The molecule has 0 heterocycles. The van der Waals surface area contributed by atoms with E-state index in [0.29, 0.717) is 13.0 Å². The summed E-state index contributed by atoms with van der Waals surface area (Å²) in [5.41, 5.74) is 2.45. The average molecular weight is 392 g/mol. The zero-order valence-electron chi connectivity index (χ0n) is 15.3. The fourth-order valence-electron chi connectivity index (χ4n) is 2.47. The van der Waals surface area contributed by atoms with Crippen molar-refractivity contribution in [3.8, 4) is 5.75 Å². The average Bonchev–Trinajstić information content (AvgIpc) is 2.66. The Hall–Kier alpha value is -1.65. The first-order valence-corrected chi connectivity index (χ1v) is 10.5. The second-order valence-corrected chi connectivity index (χ2v) is 7.53. The number of carbonyl (C=O) groups excluding carboxylic acids is 1. The molecule has 2 rings (SSSR count). The first kappa shape index (κ1) is 20.7. The third-order valence-corrected chi connectivity index (χ3v) is 5.24. The van der Waals surface area contributed by atoms with Crippen molar-refractivity contribution < 1.29 is 9.53 Å². The molecular weight excluding hydrogens is 366 g/mol. The van der Waals surface area contributed by atoms with Crippen molar-refractivity contribution in [3.63, 3.8) is 0 Å². The Morgan fingerprint density at radius 1 is 1.15 bits per heavy atom. The van der Waals surface area contributed by atoms with Crippen LogP contribution in [0.25, 0.3) is 0 Å². The van der Waals surface area contributed by atoms with E-state index in [0.717, 1.165) is 28.7 Å². The molecule has 2 aromatic rings. The molecule has 5 heteroatoms. The summed E-state index contributed by atoms with van der Waals surface area (Å²) in [4.78, 5) is 12.3. The minimum absolute atomic E-state index is 0.0598. The largest absolute Gasteiger partial charge is 0.481 e. The van der Waals surface area contributed by atoms with E-state index in [2.05, 4.69) is 18.3 Å². The number of benzene rings is 2. The van der Waals surface area contributed by atoms with Gasteiger partial charge < -0.3 is 10.1 Å². The Labute approximate surface area is 165 Å². The first-order chi connectivity index (χ1) is 12.6. The number of ether oxygens (including phenoxy) is 1. The van der Waals surface area contributed by atoms with Gasteiger partial charge in [0.05, 0.1) is 0 Å². The van der Waals surface area contributed by atoms with Crippen LogP contribution in [0, 0.1) is 0 Å². The Balaban J connectivity index is 1.70. The number of nitrogens with one attached hydrogen (secondary N) is 1. The third-order valence-electron chi connectivity index (χ3n) is 3.98. The van der Waals surface area contributed by atoms with Gasteiger partial charge in [-0.25, -0.2) is 0 Å². The summed E-state index contributed by atoms with van der Waals surface area (Å²) in [7, 11) is 0. The maximum Gasteiger partial charge on any atom is 0.261 e. The highest BCUT2D eigenvalue weighted by molar-refractivity contribution is 7.98. The molecule has 3 nitrogen and oxygen atoms in total. The number of halogens is 1. The van der Waals surface area contributed by atoms with Crippen molar-refractivity contribution in [3.05, 3.63) is 64.7 Å². The van der Waals surface area contributed by atoms with Gasteiger partial charge in [0.1, 0.15) is 5.75 Å². The van der Waals surface area contributed by atoms with Gasteiger partial charge >= 0.3 is 0 Å². The third kappa shape index (κ3) is 6.93. The van der Waals surface area contributed by atoms with E-state index in [1.54, 1.807) is 11.8 Å². The molecule has 140 valence electrons. The maximum atomic E-state index is 12.3. The zero-order chi connectivity index (χ0) is 18.8. The molecule has 0 fully saturated rings. The number of hydrogen-bond acceptors (Lipinski definition) is 3. The number of hydrogen-bond donors (Lipinski definition) is 1. The van der Waals surface area contributed by atoms with Crippen LogP contribution in [0.15, 0.2) is 48.5 Å². The molecule has 1 atom stereocenters. The number of aryl methyl sites for hydroxylation is 1. The van der Waals surface area contributed by atoms with Crippen molar-refractivity contribution in [1.82, 2.24) is 5.32 Å². The molecule has 0 bridgehead atoms. The topological polar surface area (TPSA) is 38.3 Å². The van der Waals surface area contributed by atoms with Crippen LogP contribution < -0.4 is 10.1 Å². The fraction of sp³-hybridized carbons (Fsp3) is 0.381. The van der Waals surface area contributed by atoms with E-state index < -0.39 is 6.10 Å². The monoisotopic (exact) mass is 391 g/mol. The molecule has 0 aliphatic heterocycles. The molecular formula is C21H26ClNO2S. The Morgan fingerprint density at radius 2 is 1.92 bits per heavy atom. The normalized spacial score (nSPS) is 11.8. The molecule has 1 amide bonds. The van der Waals surface area contributed by atoms with Gasteiger partial charge in [0.25, 0.3) is 5.91 Å². The number of thioether (sulfide) groups is 1. The van der Waals surface area contributed by atoms with E-state index in [1.165, 1.54) is 11.1 Å². The predicted molar refractivity (Wildman–Crippen MR) is 111 cm³/mol. The second kappa shape index (κ2) is 11.1. The van der Waals surface area contributed by atoms with Gasteiger partial charge in [0.15, 0.2) is 6.10 Å². The van der Waals surface area contributed by atoms with Gasteiger partial charge in [-0.15, -0.1) is 0 Å². The Kier molecular flexibility index (Phi) is 8.86. The summed E-state index contributed by atoms with van der Waals surface area (Å²) in [6.07, 6.45) is 1.17. The van der Waals surface area contributed by atoms with Crippen LogP contribution in [0.2, 0.25) is 5.02 Å². The SMILES string of the molecule is CCc1ccc(OC(CC)C(=O)NCCSCc2cccc(Cl)c2)cc1. The van der Waals surface area contributed by atoms with Gasteiger partial charge in [-0.2, -0.15) is 11.8 Å². The van der Waals surface area contributed by atoms with E-state index in [4.69, 9.17) is 16.3 Å². The lowest BCUT2D eigenvalue weighted by Gasteiger charge is -2.17. The smallest absolute Gasteiger partial charge is 0.261 e. The summed E-state index contributed by atoms with van der Waals surface area (Å²) in [6.45, 7) is 4.69. The summed E-state index contributed by atoms with van der Waals surface area (Å²) in [5.74, 6) is 2.41. The van der Waals surface area contributed by atoms with Crippen molar-refractivity contribution in [2.75, 3.05) is 12.3 Å². The molecule has 0 aliphatic rings. The van der Waals surface area contributed by atoms with Gasteiger partial charge in [0.2, 0.25) is 0 Å². The minimum atomic E-state index is -0.458. The van der Waals surface area contributed by atoms with E-state index in [-0.39, 0.29) is 5.91 Å².